The summed E-state index contributed by atoms with van der Waals surface area (Å²) in [6.45, 7) is -0.0157. The van der Waals surface area contributed by atoms with Crippen molar-refractivity contribution in [1.29, 1.82) is 0 Å². The Bertz CT molecular complexity index is 2130. The molecule has 2 aromatic heterocycles. The molecule has 0 saturated heterocycles. The summed E-state index contributed by atoms with van der Waals surface area (Å²) >= 11 is 0. The molecule has 1 aliphatic rings. The van der Waals surface area contributed by atoms with Gasteiger partial charge in [-0.3, -0.25) is 9.59 Å². The minimum Gasteiger partial charge on any atom is -0.508 e. The molecule has 0 fully saturated rings. The molecule has 5 aromatic rings. The first-order chi connectivity index (χ1) is 26.6. The van der Waals surface area contributed by atoms with Crippen molar-refractivity contribution < 1.29 is 39.9 Å². The average molecular weight is 748 g/mol. The van der Waals surface area contributed by atoms with E-state index in [0.29, 0.717) is 31.6 Å². The second-order valence-corrected chi connectivity index (χ2v) is 14.2. The van der Waals surface area contributed by atoms with Gasteiger partial charge in [-0.1, -0.05) is 30.7 Å². The van der Waals surface area contributed by atoms with Crippen molar-refractivity contribution >= 4 is 23.5 Å². The molecule has 3 unspecified atom stereocenters. The molecule has 0 spiro atoms. The smallest absolute Gasteiger partial charge is 0.160 e. The van der Waals surface area contributed by atoms with Gasteiger partial charge in [-0.05, 0) is 126 Å². The number of aryl methyl sites for hydroxylation is 2. The fourth-order valence-corrected chi connectivity index (χ4v) is 7.76. The van der Waals surface area contributed by atoms with E-state index in [-0.39, 0.29) is 59.9 Å². The van der Waals surface area contributed by atoms with Crippen LogP contribution < -0.4 is 10.1 Å². The Morgan fingerprint density at radius 3 is 2.40 bits per heavy atom. The number of rotatable bonds is 19. The van der Waals surface area contributed by atoms with Gasteiger partial charge in [0.15, 0.2) is 28.8 Å². The van der Waals surface area contributed by atoms with E-state index in [1.807, 2.05) is 42.7 Å². The zero-order chi connectivity index (χ0) is 38.9. The summed E-state index contributed by atoms with van der Waals surface area (Å²) < 4.78 is 5.24. The molecule has 1 aliphatic carbocycles. The van der Waals surface area contributed by atoms with Crippen LogP contribution in [0.1, 0.15) is 71.5 Å². The number of ketones is 2. The number of aromatic amines is 2. The number of hydrogen-bond donors (Lipinski definition) is 8. The molecule has 11 heteroatoms. The molecular weight excluding hydrogens is 698 g/mol. The van der Waals surface area contributed by atoms with Crippen LogP contribution >= 0.6 is 0 Å². The highest BCUT2D eigenvalue weighted by Crippen LogP contribution is 2.44. The van der Waals surface area contributed by atoms with E-state index in [1.54, 1.807) is 30.3 Å². The Morgan fingerprint density at radius 2 is 1.62 bits per heavy atom. The highest BCUT2D eigenvalue weighted by Gasteiger charge is 2.41. The van der Waals surface area contributed by atoms with Crippen LogP contribution in [0.15, 0.2) is 90.8 Å². The number of phenolic OH excluding ortho intramolecular Hbond substituents is 4. The maximum Gasteiger partial charge on any atom is 0.160 e. The van der Waals surface area contributed by atoms with Crippen molar-refractivity contribution in [3.63, 3.8) is 0 Å². The van der Waals surface area contributed by atoms with Gasteiger partial charge in [-0.15, -0.1) is 0 Å². The second kappa shape index (κ2) is 17.9. The highest BCUT2D eigenvalue weighted by atomic mass is 16.5. The number of carbonyl (C=O) groups excluding carboxylic acids is 2. The number of aliphatic hydroxyl groups is 1. The number of Topliss-reactive ketones (excluding diaryl/α,β-unsaturated/α-hetero) is 2. The van der Waals surface area contributed by atoms with Crippen LogP contribution in [0.4, 0.5) is 5.82 Å². The van der Waals surface area contributed by atoms with Crippen molar-refractivity contribution in [3.05, 3.63) is 124 Å². The van der Waals surface area contributed by atoms with Crippen LogP contribution in [0.25, 0.3) is 6.08 Å². The number of phenols is 4. The Labute approximate surface area is 320 Å². The van der Waals surface area contributed by atoms with Crippen LogP contribution in [0, 0.1) is 11.8 Å². The zero-order valence-electron chi connectivity index (χ0n) is 30.9. The van der Waals surface area contributed by atoms with Crippen LogP contribution in [0.2, 0.25) is 0 Å². The number of unbranched alkanes of at least 4 members (excludes halogenated alkanes) is 1. The van der Waals surface area contributed by atoms with E-state index in [0.717, 1.165) is 64.2 Å². The van der Waals surface area contributed by atoms with Crippen molar-refractivity contribution in [2.45, 2.75) is 57.3 Å². The van der Waals surface area contributed by atoms with Crippen LogP contribution in [-0.2, 0) is 28.9 Å². The first-order valence-electron chi connectivity index (χ1n) is 18.7. The van der Waals surface area contributed by atoms with Gasteiger partial charge in [0.05, 0.1) is 13.0 Å². The minimum atomic E-state index is -1.02. The van der Waals surface area contributed by atoms with Crippen molar-refractivity contribution in [3.8, 4) is 28.7 Å². The fourth-order valence-electron chi connectivity index (χ4n) is 7.76. The predicted octanol–water partition coefficient (Wildman–Crippen LogP) is 7.16. The SMILES string of the molecule is COc1cc(CCC(=O)C(CCO)C(=O)C2C(CNc3[nH]ccc3Cc3ccc(O)c(O)c3)=Cc3[nH]ccc3C2CCCCc2cccc(O)c2)ccc1O. The van der Waals surface area contributed by atoms with E-state index in [1.165, 1.54) is 25.3 Å². The molecule has 55 heavy (non-hydrogen) atoms. The van der Waals surface area contributed by atoms with E-state index >= 15 is 0 Å². The van der Waals surface area contributed by atoms with Gasteiger partial charge in [0, 0.05) is 50.0 Å². The molecule has 3 aromatic carbocycles. The number of aromatic nitrogens is 2. The lowest BCUT2D eigenvalue weighted by Gasteiger charge is -2.34. The number of aromatic hydroxyl groups is 4. The molecular formula is C44H49N3O8. The summed E-state index contributed by atoms with van der Waals surface area (Å²) in [5.41, 5.74) is 6.29. The second-order valence-electron chi connectivity index (χ2n) is 14.2. The largest absolute Gasteiger partial charge is 0.508 e. The first-order valence-corrected chi connectivity index (χ1v) is 18.7. The number of benzene rings is 3. The van der Waals surface area contributed by atoms with Gasteiger partial charge in [-0.2, -0.15) is 0 Å². The number of aliphatic hydroxyl groups excluding tert-OH is 1. The van der Waals surface area contributed by atoms with Gasteiger partial charge in [0.2, 0.25) is 0 Å². The van der Waals surface area contributed by atoms with Gasteiger partial charge >= 0.3 is 0 Å². The van der Waals surface area contributed by atoms with E-state index in [4.69, 9.17) is 4.74 Å². The molecule has 288 valence electrons. The molecule has 3 atom stereocenters. The van der Waals surface area contributed by atoms with E-state index in [2.05, 4.69) is 15.3 Å². The summed E-state index contributed by atoms with van der Waals surface area (Å²) in [5.74, 6) is -1.45. The lowest BCUT2D eigenvalue weighted by Crippen LogP contribution is -2.37. The molecule has 11 nitrogen and oxygen atoms in total. The highest BCUT2D eigenvalue weighted by molar-refractivity contribution is 6.05. The number of hydrogen-bond acceptors (Lipinski definition) is 9. The quantitative estimate of drug-likeness (QED) is 0.0246. The van der Waals surface area contributed by atoms with Crippen LogP contribution in [0.3, 0.4) is 0 Å². The topological polar surface area (TPSA) is 188 Å². The lowest BCUT2D eigenvalue weighted by atomic mass is 9.69. The normalized spacial score (nSPS) is 15.6. The maximum absolute atomic E-state index is 14.9. The van der Waals surface area contributed by atoms with Crippen molar-refractivity contribution in [2.24, 2.45) is 11.8 Å². The molecule has 0 amide bonds. The van der Waals surface area contributed by atoms with Crippen LogP contribution in [-0.4, -0.2) is 67.3 Å². The molecule has 0 aliphatic heterocycles. The molecule has 6 rings (SSSR count). The number of ether oxygens (including phenoxy) is 1. The standard InChI is InChI=1S/C44H49N3O8/c1-55-41-24-28(10-14-39(41)52)9-12-37(50)35(17-20-48)43(54)42-31(26-47-44-30(15-18-46-44)21-29-11-13-38(51)40(53)23-29)25-36-33(16-19-45-36)34(42)8-3-2-5-27-6-4-7-32(49)22-27/h4,6-7,10-11,13-16,18-19,22-25,34-35,42,45-49,51-53H,2-3,5,8-9,12,17,20-21,26H2,1H3. The van der Waals surface area contributed by atoms with E-state index in [9.17, 15) is 35.1 Å². The predicted molar refractivity (Wildman–Crippen MR) is 211 cm³/mol. The molecule has 0 radical (unpaired) electrons. The third kappa shape index (κ3) is 9.42. The third-order valence-electron chi connectivity index (χ3n) is 10.6. The Hall–Kier alpha value is -5.94. The summed E-state index contributed by atoms with van der Waals surface area (Å²) in [4.78, 5) is 35.5. The fraction of sp³-hybridized carbons (Fsp3) is 0.318. The van der Waals surface area contributed by atoms with Gasteiger partial charge in [-0.25, -0.2) is 0 Å². The molecule has 0 bridgehead atoms. The average Bonchev–Trinajstić information content (AvgIpc) is 3.84. The summed E-state index contributed by atoms with van der Waals surface area (Å²) in [6, 6.07) is 20.8. The Morgan fingerprint density at radius 1 is 0.836 bits per heavy atom. The summed E-state index contributed by atoms with van der Waals surface area (Å²) in [5, 5.41) is 53.5. The zero-order valence-corrected chi connectivity index (χ0v) is 30.9. The number of fused-ring (bicyclic) bond motifs is 1. The monoisotopic (exact) mass is 747 g/mol. The number of H-pyrrole nitrogens is 2. The number of carbonyl (C=O) groups is 2. The maximum atomic E-state index is 14.9. The minimum absolute atomic E-state index is 0.000612. The molecule has 8 N–H and O–H groups in total. The van der Waals surface area contributed by atoms with Crippen molar-refractivity contribution in [1.82, 2.24) is 9.97 Å². The Kier molecular flexibility index (Phi) is 12.6. The summed E-state index contributed by atoms with van der Waals surface area (Å²) in [6.07, 6.45) is 9.69. The third-order valence-corrected chi connectivity index (χ3v) is 10.6. The number of nitrogens with one attached hydrogen (secondary N) is 3. The van der Waals surface area contributed by atoms with Gasteiger partial charge < -0.3 is 45.6 Å². The number of anilines is 1. The Balaban J connectivity index is 1.25. The van der Waals surface area contributed by atoms with Crippen LogP contribution in [0.5, 0.6) is 28.7 Å². The van der Waals surface area contributed by atoms with Gasteiger partial charge in [0.1, 0.15) is 17.4 Å². The molecule has 0 saturated carbocycles. The summed E-state index contributed by atoms with van der Waals surface area (Å²) in [7, 11) is 1.46. The number of methoxy groups -OCH3 is 1. The lowest BCUT2D eigenvalue weighted by molar-refractivity contribution is -0.135. The van der Waals surface area contributed by atoms with Gasteiger partial charge in [0.25, 0.3) is 0 Å². The van der Waals surface area contributed by atoms with E-state index < -0.39 is 11.8 Å². The van der Waals surface area contributed by atoms with Crippen molar-refractivity contribution in [2.75, 3.05) is 25.6 Å². The molecule has 2 heterocycles. The first kappa shape index (κ1) is 38.8.